The van der Waals surface area contributed by atoms with E-state index in [0.717, 1.165) is 12.1 Å². The van der Waals surface area contributed by atoms with Crippen LogP contribution in [-0.4, -0.2) is 17.7 Å². The lowest BCUT2D eigenvalue weighted by Crippen LogP contribution is -2.07. The molecule has 0 aromatic heterocycles. The number of carbonyl (C=O) groups is 1. The van der Waals surface area contributed by atoms with E-state index in [-0.39, 0.29) is 6.61 Å². The van der Waals surface area contributed by atoms with E-state index < -0.39 is 24.3 Å². The van der Waals surface area contributed by atoms with Crippen molar-refractivity contribution in [3.8, 4) is 0 Å². The highest BCUT2D eigenvalue weighted by molar-refractivity contribution is 5.67. The molecule has 1 aromatic carbocycles. The molecule has 0 aliphatic carbocycles. The number of carboxylic acids is 1. The van der Waals surface area contributed by atoms with E-state index in [9.17, 15) is 18.0 Å². The second-order valence-electron chi connectivity index (χ2n) is 3.08. The van der Waals surface area contributed by atoms with Crippen molar-refractivity contribution in [1.29, 1.82) is 0 Å². The van der Waals surface area contributed by atoms with Crippen molar-refractivity contribution in [3.63, 3.8) is 0 Å². The second-order valence-corrected chi connectivity index (χ2v) is 3.08. The van der Waals surface area contributed by atoms with Gasteiger partial charge in [-0.1, -0.05) is 12.1 Å². The summed E-state index contributed by atoms with van der Waals surface area (Å²) in [6.07, 6.45) is -4.36. The second kappa shape index (κ2) is 4.98. The quantitative estimate of drug-likeness (QED) is 0.869. The number of benzene rings is 1. The van der Waals surface area contributed by atoms with Gasteiger partial charge in [-0.05, 0) is 17.7 Å². The summed E-state index contributed by atoms with van der Waals surface area (Å²) in [5, 5.41) is 8.27. The Hall–Kier alpha value is -1.56. The summed E-state index contributed by atoms with van der Waals surface area (Å²) in [6, 6.07) is 4.37. The van der Waals surface area contributed by atoms with Gasteiger partial charge in [-0.3, -0.25) is 0 Å². The van der Waals surface area contributed by atoms with Gasteiger partial charge in [0.05, 0.1) is 12.2 Å². The van der Waals surface area contributed by atoms with Crippen molar-refractivity contribution in [2.45, 2.75) is 12.8 Å². The van der Waals surface area contributed by atoms with Crippen LogP contribution >= 0.6 is 0 Å². The van der Waals surface area contributed by atoms with Crippen LogP contribution in [0.3, 0.4) is 0 Å². The third-order valence-electron chi connectivity index (χ3n) is 1.78. The van der Waals surface area contributed by atoms with Gasteiger partial charge in [0, 0.05) is 0 Å². The van der Waals surface area contributed by atoms with Crippen LogP contribution < -0.4 is 0 Å². The number of aliphatic carboxylic acids is 1. The summed E-state index contributed by atoms with van der Waals surface area (Å²) in [4.78, 5) is 10.1. The molecule has 0 aliphatic heterocycles. The van der Waals surface area contributed by atoms with Crippen LogP contribution in [0.4, 0.5) is 13.2 Å². The molecule has 0 unspecified atom stereocenters. The SMILES string of the molecule is O=C(O)COCc1ccc(C(F)(F)F)cc1. The zero-order valence-corrected chi connectivity index (χ0v) is 8.12. The average molecular weight is 234 g/mol. The van der Waals surface area contributed by atoms with Crippen LogP contribution in [0.5, 0.6) is 0 Å². The zero-order valence-electron chi connectivity index (χ0n) is 8.12. The predicted octanol–water partition coefficient (Wildman–Crippen LogP) is 2.31. The molecule has 0 aliphatic rings. The van der Waals surface area contributed by atoms with Gasteiger partial charge in [-0.2, -0.15) is 13.2 Å². The minimum atomic E-state index is -4.36. The number of rotatable bonds is 4. The maximum Gasteiger partial charge on any atom is 0.416 e. The molecule has 0 heterocycles. The van der Waals surface area contributed by atoms with Crippen LogP contribution in [0.2, 0.25) is 0 Å². The lowest BCUT2D eigenvalue weighted by Gasteiger charge is -2.07. The molecule has 6 heteroatoms. The first-order chi connectivity index (χ1) is 7.39. The summed E-state index contributed by atoms with van der Waals surface area (Å²) >= 11 is 0. The van der Waals surface area contributed by atoms with Gasteiger partial charge in [0.2, 0.25) is 0 Å². The molecule has 0 saturated heterocycles. The fourth-order valence-corrected chi connectivity index (χ4v) is 1.05. The molecule has 3 nitrogen and oxygen atoms in total. The fraction of sp³-hybridized carbons (Fsp3) is 0.300. The Bertz CT molecular complexity index is 357. The zero-order chi connectivity index (χ0) is 12.2. The normalized spacial score (nSPS) is 11.4. The number of ether oxygens (including phenoxy) is 1. The molecule has 1 rings (SSSR count). The van der Waals surface area contributed by atoms with Crippen molar-refractivity contribution in [2.24, 2.45) is 0 Å². The van der Waals surface area contributed by atoms with E-state index in [4.69, 9.17) is 9.84 Å². The molecular formula is C10H9F3O3. The Morgan fingerprint density at radius 2 is 1.81 bits per heavy atom. The molecule has 0 radical (unpaired) electrons. The first-order valence-electron chi connectivity index (χ1n) is 4.35. The minimum absolute atomic E-state index is 0.0234. The molecule has 0 atom stereocenters. The Balaban J connectivity index is 2.55. The number of halogens is 3. The lowest BCUT2D eigenvalue weighted by molar-refractivity contribution is -0.142. The molecule has 0 amide bonds. The van der Waals surface area contributed by atoms with E-state index in [0.29, 0.717) is 5.56 Å². The van der Waals surface area contributed by atoms with Gasteiger partial charge >= 0.3 is 12.1 Å². The summed E-state index contributed by atoms with van der Waals surface area (Å²) in [6.45, 7) is -0.495. The molecule has 0 bridgehead atoms. The van der Waals surface area contributed by atoms with Crippen molar-refractivity contribution < 1.29 is 27.8 Å². The first-order valence-corrected chi connectivity index (χ1v) is 4.35. The highest BCUT2D eigenvalue weighted by Gasteiger charge is 2.29. The van der Waals surface area contributed by atoms with Gasteiger partial charge in [0.15, 0.2) is 0 Å². The van der Waals surface area contributed by atoms with Crippen LogP contribution in [0.15, 0.2) is 24.3 Å². The topological polar surface area (TPSA) is 46.5 Å². The number of hydrogen-bond donors (Lipinski definition) is 1. The van der Waals surface area contributed by atoms with Gasteiger partial charge < -0.3 is 9.84 Å². The standard InChI is InChI=1S/C10H9F3O3/c11-10(12,13)8-3-1-7(2-4-8)5-16-6-9(14)15/h1-4H,5-6H2,(H,14,15). The number of alkyl halides is 3. The Kier molecular flexibility index (Phi) is 3.89. The molecule has 1 N–H and O–H groups in total. The molecule has 0 saturated carbocycles. The van der Waals surface area contributed by atoms with E-state index in [1.54, 1.807) is 0 Å². The summed E-state index contributed by atoms with van der Waals surface area (Å²) in [5.41, 5.74) is -0.247. The van der Waals surface area contributed by atoms with Crippen molar-refractivity contribution in [3.05, 3.63) is 35.4 Å². The maximum atomic E-state index is 12.2. The summed E-state index contributed by atoms with van der Waals surface area (Å²) in [5.74, 6) is -1.12. The Labute approximate surface area is 89.5 Å². The van der Waals surface area contributed by atoms with Gasteiger partial charge in [-0.15, -0.1) is 0 Å². The number of hydrogen-bond acceptors (Lipinski definition) is 2. The van der Waals surface area contributed by atoms with E-state index in [1.807, 2.05) is 0 Å². The maximum absolute atomic E-state index is 12.2. The molecule has 1 aromatic rings. The van der Waals surface area contributed by atoms with Gasteiger partial charge in [0.25, 0.3) is 0 Å². The Morgan fingerprint density at radius 1 is 1.25 bits per heavy atom. The monoisotopic (exact) mass is 234 g/mol. The highest BCUT2D eigenvalue weighted by Crippen LogP contribution is 2.29. The molecule has 0 fully saturated rings. The molecule has 16 heavy (non-hydrogen) atoms. The van der Waals surface area contributed by atoms with Gasteiger partial charge in [0.1, 0.15) is 6.61 Å². The minimum Gasteiger partial charge on any atom is -0.480 e. The van der Waals surface area contributed by atoms with E-state index >= 15 is 0 Å². The third-order valence-corrected chi connectivity index (χ3v) is 1.78. The first kappa shape index (κ1) is 12.5. The van der Waals surface area contributed by atoms with E-state index in [1.165, 1.54) is 12.1 Å². The third kappa shape index (κ3) is 3.90. The fourth-order valence-electron chi connectivity index (χ4n) is 1.05. The molecule has 0 spiro atoms. The van der Waals surface area contributed by atoms with Gasteiger partial charge in [-0.25, -0.2) is 4.79 Å². The summed E-state index contributed by atoms with van der Waals surface area (Å²) in [7, 11) is 0. The molecular weight excluding hydrogens is 225 g/mol. The largest absolute Gasteiger partial charge is 0.480 e. The number of carboxylic acid groups (broad SMARTS) is 1. The van der Waals surface area contributed by atoms with Crippen molar-refractivity contribution in [1.82, 2.24) is 0 Å². The average Bonchev–Trinajstić information content (AvgIpc) is 2.16. The molecule has 88 valence electrons. The Morgan fingerprint density at radius 3 is 2.25 bits per heavy atom. The highest BCUT2D eigenvalue weighted by atomic mass is 19.4. The van der Waals surface area contributed by atoms with Crippen LogP contribution in [0.1, 0.15) is 11.1 Å². The smallest absolute Gasteiger partial charge is 0.416 e. The van der Waals surface area contributed by atoms with Crippen LogP contribution in [-0.2, 0) is 22.3 Å². The van der Waals surface area contributed by atoms with Crippen molar-refractivity contribution in [2.75, 3.05) is 6.61 Å². The van der Waals surface area contributed by atoms with Crippen LogP contribution in [0.25, 0.3) is 0 Å². The van der Waals surface area contributed by atoms with Crippen molar-refractivity contribution >= 4 is 5.97 Å². The predicted molar refractivity (Wildman–Crippen MR) is 48.7 cm³/mol. The summed E-state index contributed by atoms with van der Waals surface area (Å²) < 4.78 is 41.2. The van der Waals surface area contributed by atoms with E-state index in [2.05, 4.69) is 0 Å². The van der Waals surface area contributed by atoms with Crippen LogP contribution in [0, 0.1) is 0 Å². The lowest BCUT2D eigenvalue weighted by atomic mass is 10.1.